The smallest absolute Gasteiger partial charge is 0.130 e. The van der Waals surface area contributed by atoms with Crippen molar-refractivity contribution >= 4 is 0 Å². The second-order valence-electron chi connectivity index (χ2n) is 6.00. The third kappa shape index (κ3) is 3.37. The first-order valence-electron chi connectivity index (χ1n) is 8.07. The maximum Gasteiger partial charge on any atom is 0.130 e. The van der Waals surface area contributed by atoms with Gasteiger partial charge in [0.05, 0.1) is 12.1 Å². The van der Waals surface area contributed by atoms with Gasteiger partial charge in [-0.1, -0.05) is 91.0 Å². The molecule has 2 nitrogen and oxygen atoms in total. The van der Waals surface area contributed by atoms with E-state index in [1.807, 2.05) is 73.7 Å². The van der Waals surface area contributed by atoms with Gasteiger partial charge in [-0.15, -0.1) is 0 Å². The number of rotatable bonds is 5. The lowest BCUT2D eigenvalue weighted by Gasteiger charge is -2.30. The normalized spacial score (nSPS) is 13.2. The zero-order valence-corrected chi connectivity index (χ0v) is 13.7. The molecule has 1 N–H and O–H groups in total. The van der Waals surface area contributed by atoms with Gasteiger partial charge in [0, 0.05) is 0 Å². The molecular weight excluding hydrogens is 292 g/mol. The molecule has 0 saturated heterocycles. The summed E-state index contributed by atoms with van der Waals surface area (Å²) in [7, 11) is 0. The molecule has 0 heterocycles. The number of nitrogens with one attached hydrogen (secondary N) is 1. The minimum absolute atomic E-state index is 0.0581. The van der Waals surface area contributed by atoms with E-state index in [9.17, 15) is 5.26 Å². The Morgan fingerprint density at radius 2 is 1.17 bits per heavy atom. The van der Waals surface area contributed by atoms with Crippen LogP contribution in [0.25, 0.3) is 0 Å². The SMILES string of the molecule is CC(C#N)(NC(c1ccccc1)c1ccccc1)c1ccccc1. The zero-order valence-electron chi connectivity index (χ0n) is 13.7. The van der Waals surface area contributed by atoms with E-state index in [1.165, 1.54) is 0 Å². The molecular formula is C22H20N2. The van der Waals surface area contributed by atoms with Crippen molar-refractivity contribution in [1.82, 2.24) is 5.32 Å². The Kier molecular flexibility index (Phi) is 4.74. The first-order valence-corrected chi connectivity index (χ1v) is 8.07. The van der Waals surface area contributed by atoms with Crippen LogP contribution in [0.1, 0.15) is 29.7 Å². The van der Waals surface area contributed by atoms with Crippen molar-refractivity contribution in [2.24, 2.45) is 0 Å². The van der Waals surface area contributed by atoms with E-state index in [-0.39, 0.29) is 6.04 Å². The molecule has 24 heavy (non-hydrogen) atoms. The van der Waals surface area contributed by atoms with Gasteiger partial charge >= 0.3 is 0 Å². The van der Waals surface area contributed by atoms with Crippen LogP contribution in [0.15, 0.2) is 91.0 Å². The summed E-state index contributed by atoms with van der Waals surface area (Å²) in [6.07, 6.45) is 0. The highest BCUT2D eigenvalue weighted by molar-refractivity contribution is 5.36. The monoisotopic (exact) mass is 312 g/mol. The molecule has 0 aliphatic rings. The van der Waals surface area contributed by atoms with Crippen molar-refractivity contribution in [3.63, 3.8) is 0 Å². The van der Waals surface area contributed by atoms with Gasteiger partial charge in [-0.25, -0.2) is 0 Å². The minimum atomic E-state index is -0.780. The Labute approximate surface area is 143 Å². The first-order chi connectivity index (χ1) is 11.7. The van der Waals surface area contributed by atoms with E-state index in [0.29, 0.717) is 0 Å². The lowest BCUT2D eigenvalue weighted by Crippen LogP contribution is -2.41. The van der Waals surface area contributed by atoms with Crippen LogP contribution in [-0.2, 0) is 5.54 Å². The van der Waals surface area contributed by atoms with Crippen LogP contribution in [0.2, 0.25) is 0 Å². The summed E-state index contributed by atoms with van der Waals surface area (Å²) in [6.45, 7) is 1.93. The molecule has 3 rings (SSSR count). The largest absolute Gasteiger partial charge is 0.285 e. The fraction of sp³-hybridized carbons (Fsp3) is 0.136. The lowest BCUT2D eigenvalue weighted by atomic mass is 9.89. The quantitative estimate of drug-likeness (QED) is 0.734. The molecule has 2 heteroatoms. The molecule has 0 radical (unpaired) electrons. The van der Waals surface area contributed by atoms with Crippen LogP contribution in [0.4, 0.5) is 0 Å². The molecule has 0 spiro atoms. The minimum Gasteiger partial charge on any atom is -0.285 e. The fourth-order valence-corrected chi connectivity index (χ4v) is 2.89. The van der Waals surface area contributed by atoms with Gasteiger partial charge in [0.15, 0.2) is 0 Å². The Balaban J connectivity index is 2.02. The molecule has 0 saturated carbocycles. The summed E-state index contributed by atoms with van der Waals surface area (Å²) in [5, 5.41) is 13.4. The van der Waals surface area contributed by atoms with Crippen molar-refractivity contribution in [2.75, 3.05) is 0 Å². The van der Waals surface area contributed by atoms with Gasteiger partial charge in [0.25, 0.3) is 0 Å². The Bertz CT molecular complexity index is 767. The maximum atomic E-state index is 9.87. The second-order valence-corrected chi connectivity index (χ2v) is 6.00. The molecule has 0 bridgehead atoms. The van der Waals surface area contributed by atoms with E-state index in [1.54, 1.807) is 0 Å². The van der Waals surface area contributed by atoms with E-state index in [2.05, 4.69) is 35.7 Å². The van der Waals surface area contributed by atoms with Gasteiger partial charge in [0.2, 0.25) is 0 Å². The average molecular weight is 312 g/mol. The number of benzene rings is 3. The molecule has 1 atom stereocenters. The maximum absolute atomic E-state index is 9.87. The van der Waals surface area contributed by atoms with E-state index in [0.717, 1.165) is 16.7 Å². The van der Waals surface area contributed by atoms with Gasteiger partial charge in [-0.2, -0.15) is 5.26 Å². The van der Waals surface area contributed by atoms with Gasteiger partial charge in [-0.05, 0) is 23.6 Å². The zero-order chi connectivity index (χ0) is 16.8. The van der Waals surface area contributed by atoms with Crippen molar-refractivity contribution < 1.29 is 0 Å². The van der Waals surface area contributed by atoms with Gasteiger partial charge < -0.3 is 0 Å². The number of nitrogens with zero attached hydrogens (tertiary/aromatic N) is 1. The van der Waals surface area contributed by atoms with Crippen LogP contribution < -0.4 is 5.32 Å². The van der Waals surface area contributed by atoms with Crippen molar-refractivity contribution in [1.29, 1.82) is 5.26 Å². The summed E-state index contributed by atoms with van der Waals surface area (Å²) in [5.41, 5.74) is 2.46. The lowest BCUT2D eigenvalue weighted by molar-refractivity contribution is 0.425. The second kappa shape index (κ2) is 7.12. The predicted octanol–water partition coefficient (Wildman–Crippen LogP) is 4.80. The standard InChI is InChI=1S/C22H20N2/c1-22(17-23,20-15-9-4-10-16-20)24-21(18-11-5-2-6-12-18)19-13-7-3-8-14-19/h2-16,21,24H,1H3. The van der Waals surface area contributed by atoms with Crippen LogP contribution in [-0.4, -0.2) is 0 Å². The molecule has 0 aliphatic carbocycles. The average Bonchev–Trinajstić information content (AvgIpc) is 2.68. The Hall–Kier alpha value is -2.89. The summed E-state index contributed by atoms with van der Waals surface area (Å²) in [5.74, 6) is 0. The highest BCUT2D eigenvalue weighted by Crippen LogP contribution is 2.29. The molecule has 0 amide bonds. The Morgan fingerprint density at radius 1 is 0.750 bits per heavy atom. The number of nitriles is 1. The molecule has 1 unspecified atom stereocenters. The van der Waals surface area contributed by atoms with E-state index >= 15 is 0 Å². The Morgan fingerprint density at radius 3 is 1.58 bits per heavy atom. The predicted molar refractivity (Wildman–Crippen MR) is 97.3 cm³/mol. The summed E-state index contributed by atoms with van der Waals surface area (Å²) in [6, 6.07) is 32.8. The summed E-state index contributed by atoms with van der Waals surface area (Å²) >= 11 is 0. The van der Waals surface area contributed by atoms with Crippen molar-refractivity contribution in [3.8, 4) is 6.07 Å². The molecule has 118 valence electrons. The van der Waals surface area contributed by atoms with Gasteiger partial charge in [-0.3, -0.25) is 5.32 Å². The van der Waals surface area contributed by atoms with Gasteiger partial charge in [0.1, 0.15) is 5.54 Å². The highest BCUT2D eigenvalue weighted by Gasteiger charge is 2.30. The molecule has 0 aromatic heterocycles. The van der Waals surface area contributed by atoms with E-state index in [4.69, 9.17) is 0 Å². The fourth-order valence-electron chi connectivity index (χ4n) is 2.89. The topological polar surface area (TPSA) is 35.8 Å². The third-order valence-corrected chi connectivity index (χ3v) is 4.27. The third-order valence-electron chi connectivity index (χ3n) is 4.27. The molecule has 0 aliphatic heterocycles. The summed E-state index contributed by atoms with van der Waals surface area (Å²) in [4.78, 5) is 0. The van der Waals surface area contributed by atoms with Crippen molar-refractivity contribution in [2.45, 2.75) is 18.5 Å². The highest BCUT2D eigenvalue weighted by atomic mass is 15.0. The number of hydrogen-bond donors (Lipinski definition) is 1. The van der Waals surface area contributed by atoms with Crippen LogP contribution >= 0.6 is 0 Å². The van der Waals surface area contributed by atoms with Crippen LogP contribution in [0, 0.1) is 11.3 Å². The first kappa shape index (κ1) is 16.0. The summed E-state index contributed by atoms with van der Waals surface area (Å²) < 4.78 is 0. The number of hydrogen-bond acceptors (Lipinski definition) is 2. The van der Waals surface area contributed by atoms with Crippen LogP contribution in [0.3, 0.4) is 0 Å². The van der Waals surface area contributed by atoms with Crippen molar-refractivity contribution in [3.05, 3.63) is 108 Å². The van der Waals surface area contributed by atoms with Crippen LogP contribution in [0.5, 0.6) is 0 Å². The molecule has 3 aromatic carbocycles. The molecule has 3 aromatic rings. The molecule has 0 fully saturated rings. The van der Waals surface area contributed by atoms with E-state index < -0.39 is 5.54 Å².